The summed E-state index contributed by atoms with van der Waals surface area (Å²) >= 11 is 0. The number of benzene rings is 1. The van der Waals surface area contributed by atoms with Gasteiger partial charge in [-0.15, -0.1) is 0 Å². The number of carbonyl (C=O) groups is 2. The monoisotopic (exact) mass is 343 g/mol. The third-order valence-electron chi connectivity index (χ3n) is 4.79. The molecule has 0 saturated carbocycles. The van der Waals surface area contributed by atoms with Crippen LogP contribution in [-0.2, 0) is 9.59 Å². The SMILES string of the molecule is CNC(=O)[C@H]1CN(CC2=Cc3ccccc3OC2)CCN(C(C)=O)C1. The van der Waals surface area contributed by atoms with Crippen molar-refractivity contribution in [1.29, 1.82) is 0 Å². The van der Waals surface area contributed by atoms with Crippen LogP contribution in [0.5, 0.6) is 5.75 Å². The molecule has 0 unspecified atom stereocenters. The second-order valence-electron chi connectivity index (χ2n) is 6.64. The van der Waals surface area contributed by atoms with Gasteiger partial charge in [-0.3, -0.25) is 14.5 Å². The van der Waals surface area contributed by atoms with E-state index in [-0.39, 0.29) is 17.7 Å². The maximum absolute atomic E-state index is 12.2. The molecule has 1 atom stereocenters. The average Bonchev–Trinajstić information content (AvgIpc) is 2.84. The molecule has 0 bridgehead atoms. The number of ether oxygens (including phenoxy) is 1. The predicted octanol–water partition coefficient (Wildman–Crippen LogP) is 0.989. The number of nitrogens with zero attached hydrogens (tertiary/aromatic N) is 2. The molecule has 6 nitrogen and oxygen atoms in total. The largest absolute Gasteiger partial charge is 0.489 e. The molecule has 3 rings (SSSR count). The lowest BCUT2D eigenvalue weighted by Crippen LogP contribution is -2.41. The van der Waals surface area contributed by atoms with Crippen LogP contribution in [0.25, 0.3) is 6.08 Å². The first-order valence-electron chi connectivity index (χ1n) is 8.67. The molecule has 1 aromatic carbocycles. The zero-order chi connectivity index (χ0) is 17.8. The molecular formula is C19H25N3O3. The van der Waals surface area contributed by atoms with Gasteiger partial charge in [-0.25, -0.2) is 0 Å². The van der Waals surface area contributed by atoms with Crippen LogP contribution in [0.15, 0.2) is 29.8 Å². The highest BCUT2D eigenvalue weighted by Gasteiger charge is 2.29. The summed E-state index contributed by atoms with van der Waals surface area (Å²) in [6.07, 6.45) is 2.17. The van der Waals surface area contributed by atoms with Gasteiger partial charge in [-0.2, -0.15) is 0 Å². The Bertz CT molecular complexity index is 686. The molecule has 0 aromatic heterocycles. The Morgan fingerprint density at radius 2 is 2.04 bits per heavy atom. The van der Waals surface area contributed by atoms with Crippen molar-refractivity contribution < 1.29 is 14.3 Å². The minimum atomic E-state index is -0.214. The minimum Gasteiger partial charge on any atom is -0.489 e. The molecule has 6 heteroatoms. The molecule has 0 spiro atoms. The Morgan fingerprint density at radius 1 is 1.24 bits per heavy atom. The van der Waals surface area contributed by atoms with Gasteiger partial charge in [0.1, 0.15) is 12.4 Å². The first-order chi connectivity index (χ1) is 12.1. The lowest BCUT2D eigenvalue weighted by atomic mass is 10.1. The smallest absolute Gasteiger partial charge is 0.225 e. The van der Waals surface area contributed by atoms with Gasteiger partial charge in [0, 0.05) is 52.3 Å². The molecule has 2 amide bonds. The second kappa shape index (κ2) is 7.70. The molecule has 0 aliphatic carbocycles. The summed E-state index contributed by atoms with van der Waals surface area (Å²) in [6.45, 7) is 5.39. The molecule has 1 saturated heterocycles. The van der Waals surface area contributed by atoms with Crippen molar-refractivity contribution in [2.75, 3.05) is 46.4 Å². The van der Waals surface area contributed by atoms with E-state index in [1.54, 1.807) is 18.9 Å². The van der Waals surface area contributed by atoms with Crippen molar-refractivity contribution in [3.63, 3.8) is 0 Å². The van der Waals surface area contributed by atoms with Crippen LogP contribution in [0.4, 0.5) is 0 Å². The number of amides is 2. The number of para-hydroxylation sites is 1. The van der Waals surface area contributed by atoms with Crippen LogP contribution in [0, 0.1) is 5.92 Å². The van der Waals surface area contributed by atoms with Crippen molar-refractivity contribution in [1.82, 2.24) is 15.1 Å². The summed E-state index contributed by atoms with van der Waals surface area (Å²) in [4.78, 5) is 28.0. The standard InChI is InChI=1S/C19H25N3O3/c1-14(23)22-8-7-21(11-17(12-22)19(24)20-2)10-15-9-16-5-3-4-6-18(16)25-13-15/h3-6,9,17H,7-8,10-13H2,1-2H3,(H,20,24)/t17-/m0/s1. The molecular weight excluding hydrogens is 318 g/mol. The van der Waals surface area contributed by atoms with Crippen LogP contribution >= 0.6 is 0 Å². The van der Waals surface area contributed by atoms with Gasteiger partial charge in [0.15, 0.2) is 0 Å². The summed E-state index contributed by atoms with van der Waals surface area (Å²) in [7, 11) is 1.64. The molecule has 25 heavy (non-hydrogen) atoms. The topological polar surface area (TPSA) is 61.9 Å². The van der Waals surface area contributed by atoms with Crippen LogP contribution in [0.1, 0.15) is 12.5 Å². The fraction of sp³-hybridized carbons (Fsp3) is 0.474. The van der Waals surface area contributed by atoms with E-state index in [2.05, 4.69) is 16.3 Å². The highest BCUT2D eigenvalue weighted by atomic mass is 16.5. The van der Waals surface area contributed by atoms with E-state index < -0.39 is 0 Å². The van der Waals surface area contributed by atoms with Crippen LogP contribution in [-0.4, -0.2) is 68.0 Å². The maximum Gasteiger partial charge on any atom is 0.225 e. The molecule has 0 radical (unpaired) electrons. The van der Waals surface area contributed by atoms with Gasteiger partial charge in [0.2, 0.25) is 11.8 Å². The van der Waals surface area contributed by atoms with Gasteiger partial charge in [0.25, 0.3) is 0 Å². The first-order valence-corrected chi connectivity index (χ1v) is 8.67. The zero-order valence-corrected chi connectivity index (χ0v) is 14.8. The highest BCUT2D eigenvalue weighted by Crippen LogP contribution is 2.26. The van der Waals surface area contributed by atoms with E-state index in [1.807, 2.05) is 24.3 Å². The van der Waals surface area contributed by atoms with Crippen LogP contribution in [0.2, 0.25) is 0 Å². The van der Waals surface area contributed by atoms with E-state index in [0.717, 1.165) is 24.4 Å². The lowest BCUT2D eigenvalue weighted by Gasteiger charge is -2.26. The van der Waals surface area contributed by atoms with E-state index in [4.69, 9.17) is 4.74 Å². The zero-order valence-electron chi connectivity index (χ0n) is 14.8. The van der Waals surface area contributed by atoms with Crippen molar-refractivity contribution in [3.05, 3.63) is 35.4 Å². The van der Waals surface area contributed by atoms with Crippen LogP contribution < -0.4 is 10.1 Å². The van der Waals surface area contributed by atoms with Gasteiger partial charge < -0.3 is 15.0 Å². The van der Waals surface area contributed by atoms with Gasteiger partial charge >= 0.3 is 0 Å². The quantitative estimate of drug-likeness (QED) is 0.889. The third-order valence-corrected chi connectivity index (χ3v) is 4.79. The van der Waals surface area contributed by atoms with Gasteiger partial charge in [-0.05, 0) is 17.7 Å². The number of carbonyl (C=O) groups excluding carboxylic acids is 2. The summed E-state index contributed by atoms with van der Waals surface area (Å²) in [6, 6.07) is 7.99. The Kier molecular flexibility index (Phi) is 5.38. The Balaban J connectivity index is 1.72. The number of nitrogens with one attached hydrogen (secondary N) is 1. The summed E-state index contributed by atoms with van der Waals surface area (Å²) in [5.74, 6) is 0.698. The lowest BCUT2D eigenvalue weighted by molar-refractivity contribution is -0.130. The van der Waals surface area contributed by atoms with Gasteiger partial charge in [0.05, 0.1) is 5.92 Å². The molecule has 2 aliphatic heterocycles. The molecule has 1 N–H and O–H groups in total. The highest BCUT2D eigenvalue weighted by molar-refractivity contribution is 5.80. The molecule has 1 aromatic rings. The normalized spacial score (nSPS) is 20.8. The Hall–Kier alpha value is -2.34. The van der Waals surface area contributed by atoms with E-state index in [0.29, 0.717) is 26.2 Å². The predicted molar refractivity (Wildman–Crippen MR) is 96.2 cm³/mol. The minimum absolute atomic E-state index is 0.0163. The van der Waals surface area contributed by atoms with Crippen molar-refractivity contribution in [2.45, 2.75) is 6.92 Å². The molecule has 134 valence electrons. The van der Waals surface area contributed by atoms with Gasteiger partial charge in [-0.1, -0.05) is 18.2 Å². The van der Waals surface area contributed by atoms with Crippen molar-refractivity contribution >= 4 is 17.9 Å². The number of fused-ring (bicyclic) bond motifs is 1. The first kappa shape index (κ1) is 17.5. The number of hydrogen-bond acceptors (Lipinski definition) is 4. The number of hydrogen-bond donors (Lipinski definition) is 1. The summed E-state index contributed by atoms with van der Waals surface area (Å²) < 4.78 is 5.82. The second-order valence-corrected chi connectivity index (χ2v) is 6.64. The van der Waals surface area contributed by atoms with E-state index in [9.17, 15) is 9.59 Å². The fourth-order valence-corrected chi connectivity index (χ4v) is 3.42. The molecule has 1 fully saturated rings. The summed E-state index contributed by atoms with van der Waals surface area (Å²) in [5.41, 5.74) is 2.28. The molecule has 2 heterocycles. The van der Waals surface area contributed by atoms with E-state index >= 15 is 0 Å². The Labute approximate surface area is 148 Å². The van der Waals surface area contributed by atoms with Crippen molar-refractivity contribution in [2.24, 2.45) is 5.92 Å². The fourth-order valence-electron chi connectivity index (χ4n) is 3.42. The van der Waals surface area contributed by atoms with Crippen LogP contribution in [0.3, 0.4) is 0 Å². The van der Waals surface area contributed by atoms with Crippen molar-refractivity contribution in [3.8, 4) is 5.75 Å². The number of rotatable bonds is 3. The third kappa shape index (κ3) is 4.20. The van der Waals surface area contributed by atoms with E-state index in [1.165, 1.54) is 5.57 Å². The Morgan fingerprint density at radius 3 is 2.80 bits per heavy atom. The summed E-state index contributed by atoms with van der Waals surface area (Å²) in [5, 5.41) is 2.72. The molecule has 2 aliphatic rings. The average molecular weight is 343 g/mol. The maximum atomic E-state index is 12.2.